The lowest BCUT2D eigenvalue weighted by Crippen LogP contribution is -2.33. The smallest absolute Gasteiger partial charge is 0.310 e. The first-order chi connectivity index (χ1) is 10.8. The lowest BCUT2D eigenvalue weighted by molar-refractivity contribution is -0.147. The van der Waals surface area contributed by atoms with E-state index in [-0.39, 0.29) is 12.2 Å². The van der Waals surface area contributed by atoms with Gasteiger partial charge in [-0.15, -0.1) is 0 Å². The van der Waals surface area contributed by atoms with E-state index in [9.17, 15) is 18.3 Å². The molecular weight excluding hydrogens is 316 g/mol. The number of aryl methyl sites for hydroxylation is 2. The second kappa shape index (κ2) is 6.95. The topological polar surface area (TPSA) is 89.3 Å². The van der Waals surface area contributed by atoms with Gasteiger partial charge >= 0.3 is 5.97 Å². The van der Waals surface area contributed by atoms with Gasteiger partial charge < -0.3 is 5.11 Å². The molecule has 0 unspecified atom stereocenters. The van der Waals surface area contributed by atoms with E-state index in [4.69, 9.17) is 0 Å². The van der Waals surface area contributed by atoms with Gasteiger partial charge in [-0.1, -0.05) is 30.3 Å². The van der Waals surface area contributed by atoms with Gasteiger partial charge in [0.2, 0.25) is 0 Å². The fraction of sp³-hybridized carbons (Fsp3) is 0.375. The van der Waals surface area contributed by atoms with E-state index in [0.29, 0.717) is 6.54 Å². The highest BCUT2D eigenvalue weighted by molar-refractivity contribution is 7.72. The van der Waals surface area contributed by atoms with Crippen molar-refractivity contribution in [3.05, 3.63) is 42.2 Å². The van der Waals surface area contributed by atoms with Gasteiger partial charge in [0.25, 0.3) is 0 Å². The summed E-state index contributed by atoms with van der Waals surface area (Å²) in [7, 11) is -2.75. The third kappa shape index (κ3) is 4.19. The van der Waals surface area contributed by atoms with E-state index >= 15 is 0 Å². The van der Waals surface area contributed by atoms with Crippen molar-refractivity contribution in [2.24, 2.45) is 5.41 Å². The molecule has 0 aliphatic rings. The molecule has 1 N–H and O–H groups in total. The lowest BCUT2D eigenvalue weighted by Gasteiger charge is -2.21. The Labute approximate surface area is 136 Å². The summed E-state index contributed by atoms with van der Waals surface area (Å²) < 4.78 is 23.5. The Morgan fingerprint density at radius 3 is 2.52 bits per heavy atom. The third-order valence-electron chi connectivity index (χ3n) is 3.92. The molecule has 0 aliphatic carbocycles. The van der Waals surface area contributed by atoms with Crippen LogP contribution in [0.25, 0.3) is 11.1 Å². The molecule has 0 amide bonds. The van der Waals surface area contributed by atoms with Crippen molar-refractivity contribution in [3.8, 4) is 11.1 Å². The monoisotopic (exact) mass is 336 g/mol. The molecule has 2 aromatic rings. The molecule has 0 saturated heterocycles. The summed E-state index contributed by atoms with van der Waals surface area (Å²) in [5.41, 5.74) is 1.57. The van der Waals surface area contributed by atoms with Gasteiger partial charge in [0.05, 0.1) is 16.9 Å². The van der Waals surface area contributed by atoms with Crippen molar-refractivity contribution >= 4 is 16.7 Å². The fourth-order valence-electron chi connectivity index (χ4n) is 2.43. The van der Waals surface area contributed by atoms with Gasteiger partial charge in [0.1, 0.15) is 10.7 Å². The first kappa shape index (κ1) is 17.2. The minimum atomic E-state index is -2.75. The van der Waals surface area contributed by atoms with E-state index < -0.39 is 22.1 Å². The molecule has 0 spiro atoms. The number of carboxylic acid groups (broad SMARTS) is 1. The number of carboxylic acids is 1. The van der Waals surface area contributed by atoms with Crippen molar-refractivity contribution in [2.75, 3.05) is 5.75 Å². The predicted octanol–water partition coefficient (Wildman–Crippen LogP) is 1.95. The Morgan fingerprint density at radius 2 is 1.96 bits per heavy atom. The van der Waals surface area contributed by atoms with Gasteiger partial charge in [-0.3, -0.25) is 9.48 Å². The fourth-order valence-corrected chi connectivity index (χ4v) is 3.30. The maximum Gasteiger partial charge on any atom is 0.310 e. The van der Waals surface area contributed by atoms with Crippen LogP contribution in [0.15, 0.2) is 36.5 Å². The van der Waals surface area contributed by atoms with E-state index in [0.717, 1.165) is 16.8 Å². The standard InChI is InChI=1S/C16H20N2O4S/c1-12-14(13-6-4-3-5-7-13)10-18(17-12)9-8-16(2,15(19)20)11-23(21)22/h3-7,10,23H,8-9,11H2,1-2H3,(H,19,20)/t16-/m0/s1. The SMILES string of the molecule is Cc1nn(CC[C@@](C)(C[SH](=O)=O)C(=O)O)cc1-c1ccccc1. The highest BCUT2D eigenvalue weighted by atomic mass is 32.2. The van der Waals surface area contributed by atoms with Crippen molar-refractivity contribution in [2.45, 2.75) is 26.8 Å². The second-order valence-electron chi connectivity index (χ2n) is 5.86. The summed E-state index contributed by atoms with van der Waals surface area (Å²) in [6.07, 6.45) is 2.06. The zero-order chi connectivity index (χ0) is 17.0. The highest BCUT2D eigenvalue weighted by Gasteiger charge is 2.34. The first-order valence-corrected chi connectivity index (χ1v) is 8.63. The highest BCUT2D eigenvalue weighted by Crippen LogP contribution is 2.25. The molecule has 0 radical (unpaired) electrons. The van der Waals surface area contributed by atoms with Gasteiger partial charge in [-0.05, 0) is 25.8 Å². The Morgan fingerprint density at radius 1 is 1.30 bits per heavy atom. The van der Waals surface area contributed by atoms with Crippen LogP contribution in [0.1, 0.15) is 19.0 Å². The number of aliphatic carboxylic acids is 1. The molecule has 0 bridgehead atoms. The molecule has 124 valence electrons. The summed E-state index contributed by atoms with van der Waals surface area (Å²) >= 11 is 0. The average molecular weight is 336 g/mol. The van der Waals surface area contributed by atoms with E-state index in [1.165, 1.54) is 6.92 Å². The number of hydrogen-bond donors (Lipinski definition) is 2. The quantitative estimate of drug-likeness (QED) is 0.754. The number of benzene rings is 1. The van der Waals surface area contributed by atoms with Crippen LogP contribution in [0.5, 0.6) is 0 Å². The van der Waals surface area contributed by atoms with Gasteiger partial charge in [-0.25, -0.2) is 8.42 Å². The molecule has 1 aromatic carbocycles. The van der Waals surface area contributed by atoms with Crippen molar-refractivity contribution in [1.82, 2.24) is 9.78 Å². The van der Waals surface area contributed by atoms with Gasteiger partial charge in [-0.2, -0.15) is 5.10 Å². The van der Waals surface area contributed by atoms with Crippen LogP contribution in [0.2, 0.25) is 0 Å². The Bertz CT molecular complexity index is 760. The second-order valence-corrected chi connectivity index (χ2v) is 6.85. The van der Waals surface area contributed by atoms with Gasteiger partial charge in [0, 0.05) is 18.3 Å². The summed E-state index contributed by atoms with van der Waals surface area (Å²) in [6, 6.07) is 9.79. The number of hydrogen-bond acceptors (Lipinski definition) is 4. The van der Waals surface area contributed by atoms with Crippen LogP contribution in [0, 0.1) is 12.3 Å². The third-order valence-corrected chi connectivity index (χ3v) is 4.87. The molecule has 23 heavy (non-hydrogen) atoms. The van der Waals surface area contributed by atoms with Crippen LogP contribution in [-0.2, 0) is 22.0 Å². The normalized spacial score (nSPS) is 13.9. The number of nitrogens with zero attached hydrogens (tertiary/aromatic N) is 2. The Hall–Kier alpha value is -2.15. The predicted molar refractivity (Wildman–Crippen MR) is 87.9 cm³/mol. The lowest BCUT2D eigenvalue weighted by atomic mass is 9.89. The molecule has 1 aromatic heterocycles. The molecule has 1 heterocycles. The first-order valence-electron chi connectivity index (χ1n) is 7.26. The average Bonchev–Trinajstić information content (AvgIpc) is 2.86. The maximum absolute atomic E-state index is 11.4. The number of carbonyl (C=O) groups is 1. The molecule has 6 nitrogen and oxygen atoms in total. The number of rotatable bonds is 7. The minimum absolute atomic E-state index is 0.195. The largest absolute Gasteiger partial charge is 0.481 e. The van der Waals surface area contributed by atoms with Crippen LogP contribution < -0.4 is 0 Å². The van der Waals surface area contributed by atoms with Crippen LogP contribution in [-0.4, -0.2) is 35.0 Å². The molecule has 0 aliphatic heterocycles. The maximum atomic E-state index is 11.4. The number of thiol groups is 1. The minimum Gasteiger partial charge on any atom is -0.481 e. The molecular formula is C16H20N2O4S. The summed E-state index contributed by atoms with van der Waals surface area (Å²) in [5.74, 6) is -1.48. The molecule has 0 fully saturated rings. The van der Waals surface area contributed by atoms with Crippen molar-refractivity contribution < 1.29 is 18.3 Å². The Kier molecular flexibility index (Phi) is 5.20. The van der Waals surface area contributed by atoms with Gasteiger partial charge in [0.15, 0.2) is 0 Å². The summed E-state index contributed by atoms with van der Waals surface area (Å²) in [4.78, 5) is 11.4. The zero-order valence-electron chi connectivity index (χ0n) is 13.1. The molecule has 0 saturated carbocycles. The molecule has 1 atom stereocenters. The van der Waals surface area contributed by atoms with Crippen LogP contribution in [0.4, 0.5) is 0 Å². The molecule has 7 heteroatoms. The molecule has 2 rings (SSSR count). The zero-order valence-corrected chi connectivity index (χ0v) is 14.0. The van der Waals surface area contributed by atoms with Crippen molar-refractivity contribution in [1.29, 1.82) is 0 Å². The van der Waals surface area contributed by atoms with Crippen LogP contribution >= 0.6 is 0 Å². The van der Waals surface area contributed by atoms with Crippen LogP contribution in [0.3, 0.4) is 0 Å². The summed E-state index contributed by atoms with van der Waals surface area (Å²) in [5, 5.41) is 13.7. The van der Waals surface area contributed by atoms with E-state index in [1.807, 2.05) is 43.5 Å². The number of aromatic nitrogens is 2. The Balaban J connectivity index is 2.17. The van der Waals surface area contributed by atoms with Crippen molar-refractivity contribution in [3.63, 3.8) is 0 Å². The van der Waals surface area contributed by atoms with E-state index in [1.54, 1.807) is 4.68 Å². The summed E-state index contributed by atoms with van der Waals surface area (Å²) in [6.45, 7) is 3.69. The van der Waals surface area contributed by atoms with E-state index in [2.05, 4.69) is 5.10 Å².